The summed E-state index contributed by atoms with van der Waals surface area (Å²) in [6.45, 7) is 1.81. The molecule has 8 heteroatoms. The van der Waals surface area contributed by atoms with Crippen molar-refractivity contribution in [3.63, 3.8) is 0 Å². The van der Waals surface area contributed by atoms with Crippen LogP contribution in [0.3, 0.4) is 0 Å². The van der Waals surface area contributed by atoms with Crippen LogP contribution in [0.5, 0.6) is 11.5 Å². The van der Waals surface area contributed by atoms with E-state index in [9.17, 15) is 9.59 Å². The van der Waals surface area contributed by atoms with E-state index in [4.69, 9.17) is 9.47 Å². The van der Waals surface area contributed by atoms with E-state index in [2.05, 4.69) is 10.4 Å². The average Bonchev–Trinajstić information content (AvgIpc) is 2.93. The van der Waals surface area contributed by atoms with Gasteiger partial charge in [-0.25, -0.2) is 0 Å². The summed E-state index contributed by atoms with van der Waals surface area (Å²) in [5, 5.41) is 7.06. The van der Waals surface area contributed by atoms with E-state index in [-0.39, 0.29) is 23.9 Å². The van der Waals surface area contributed by atoms with E-state index < -0.39 is 0 Å². The van der Waals surface area contributed by atoms with Gasteiger partial charge in [0.1, 0.15) is 0 Å². The molecule has 1 aromatic carbocycles. The van der Waals surface area contributed by atoms with Crippen molar-refractivity contribution >= 4 is 17.5 Å². The number of methoxy groups -OCH3 is 2. The van der Waals surface area contributed by atoms with E-state index in [1.165, 1.54) is 4.90 Å². The zero-order chi connectivity index (χ0) is 20.1. The highest BCUT2D eigenvalue weighted by Crippen LogP contribution is 2.28. The maximum atomic E-state index is 12.4. The van der Waals surface area contributed by atoms with Crippen molar-refractivity contribution in [1.82, 2.24) is 14.7 Å². The van der Waals surface area contributed by atoms with Gasteiger partial charge >= 0.3 is 0 Å². The van der Waals surface area contributed by atoms with Gasteiger partial charge in [0, 0.05) is 27.6 Å². The Hall–Kier alpha value is -3.03. The molecule has 0 aliphatic heterocycles. The molecule has 0 saturated heterocycles. The lowest BCUT2D eigenvalue weighted by Gasteiger charge is -2.11. The van der Waals surface area contributed by atoms with E-state index in [0.29, 0.717) is 23.6 Å². The number of benzene rings is 1. The van der Waals surface area contributed by atoms with Crippen molar-refractivity contribution in [3.8, 4) is 11.5 Å². The molecule has 146 valence electrons. The summed E-state index contributed by atoms with van der Waals surface area (Å²) in [4.78, 5) is 26.2. The highest BCUT2D eigenvalue weighted by molar-refractivity contribution is 6.02. The molecule has 0 fully saturated rings. The third-order valence-corrected chi connectivity index (χ3v) is 4.30. The van der Waals surface area contributed by atoms with Crippen molar-refractivity contribution in [2.75, 3.05) is 33.6 Å². The molecular formula is C19H26N4O4. The number of aromatic nitrogens is 2. The minimum Gasteiger partial charge on any atom is -0.493 e. The molecule has 0 radical (unpaired) electrons. The first-order valence-electron chi connectivity index (χ1n) is 8.54. The normalized spacial score (nSPS) is 10.4. The molecule has 27 heavy (non-hydrogen) atoms. The number of amides is 2. The predicted molar refractivity (Wildman–Crippen MR) is 102 cm³/mol. The fraction of sp³-hybridized carbons (Fsp3) is 0.421. The number of ether oxygens (including phenoxy) is 2. The zero-order valence-electron chi connectivity index (χ0n) is 16.6. The minimum atomic E-state index is -0.256. The minimum absolute atomic E-state index is 0.186. The number of hydrogen-bond donors (Lipinski definition) is 1. The fourth-order valence-electron chi connectivity index (χ4n) is 2.62. The highest BCUT2D eigenvalue weighted by Gasteiger charge is 2.22. The van der Waals surface area contributed by atoms with E-state index >= 15 is 0 Å². The van der Waals surface area contributed by atoms with E-state index in [0.717, 1.165) is 11.3 Å². The number of carbonyl (C=O) groups excluding carboxylic acids is 2. The number of anilines is 1. The monoisotopic (exact) mass is 374 g/mol. The first-order chi connectivity index (χ1) is 12.8. The highest BCUT2D eigenvalue weighted by atomic mass is 16.5. The molecule has 0 saturated carbocycles. The molecule has 8 nitrogen and oxygen atoms in total. The van der Waals surface area contributed by atoms with Crippen LogP contribution in [0.2, 0.25) is 0 Å². The number of aryl methyl sites for hydroxylation is 2. The molecule has 0 aliphatic rings. The third-order valence-electron chi connectivity index (χ3n) is 4.30. The van der Waals surface area contributed by atoms with Gasteiger partial charge in [0.2, 0.25) is 5.91 Å². The topological polar surface area (TPSA) is 85.7 Å². The van der Waals surface area contributed by atoms with Crippen LogP contribution >= 0.6 is 0 Å². The second-order valence-electron chi connectivity index (χ2n) is 6.37. The van der Waals surface area contributed by atoms with Gasteiger partial charge < -0.3 is 19.7 Å². The van der Waals surface area contributed by atoms with Crippen LogP contribution in [0.15, 0.2) is 18.2 Å². The lowest BCUT2D eigenvalue weighted by Crippen LogP contribution is -2.24. The van der Waals surface area contributed by atoms with Gasteiger partial charge in [-0.1, -0.05) is 6.07 Å². The number of nitrogens with one attached hydrogen (secondary N) is 1. The molecule has 0 unspecified atom stereocenters. The maximum Gasteiger partial charge on any atom is 0.276 e. The Morgan fingerprint density at radius 2 is 1.85 bits per heavy atom. The quantitative estimate of drug-likeness (QED) is 0.801. The Morgan fingerprint density at radius 3 is 2.44 bits per heavy atom. The van der Waals surface area contributed by atoms with Gasteiger partial charge in [0.05, 0.1) is 25.6 Å². The van der Waals surface area contributed by atoms with Gasteiger partial charge in [0.25, 0.3) is 5.91 Å². The summed E-state index contributed by atoms with van der Waals surface area (Å²) in [5.74, 6) is 0.823. The number of carbonyl (C=O) groups is 2. The molecule has 1 N–H and O–H groups in total. The van der Waals surface area contributed by atoms with Gasteiger partial charge in [-0.3, -0.25) is 14.3 Å². The molecule has 0 bridgehead atoms. The molecule has 0 spiro atoms. The average molecular weight is 374 g/mol. The van der Waals surface area contributed by atoms with Crippen molar-refractivity contribution < 1.29 is 19.1 Å². The third kappa shape index (κ3) is 4.58. The molecule has 2 amide bonds. The van der Waals surface area contributed by atoms with Crippen molar-refractivity contribution in [2.45, 2.75) is 19.8 Å². The molecule has 1 aromatic heterocycles. The van der Waals surface area contributed by atoms with Gasteiger partial charge in [-0.05, 0) is 31.0 Å². The predicted octanol–water partition coefficient (Wildman–Crippen LogP) is 2.02. The summed E-state index contributed by atoms with van der Waals surface area (Å²) < 4.78 is 12.1. The van der Waals surface area contributed by atoms with Crippen molar-refractivity contribution in [3.05, 3.63) is 35.2 Å². The van der Waals surface area contributed by atoms with Crippen LogP contribution in [0, 0.1) is 6.92 Å². The van der Waals surface area contributed by atoms with Crippen LogP contribution in [-0.4, -0.2) is 54.8 Å². The van der Waals surface area contributed by atoms with Crippen molar-refractivity contribution in [2.24, 2.45) is 7.05 Å². The first-order valence-corrected chi connectivity index (χ1v) is 8.54. The largest absolute Gasteiger partial charge is 0.493 e. The summed E-state index contributed by atoms with van der Waals surface area (Å²) in [6, 6.07) is 5.55. The van der Waals surface area contributed by atoms with Gasteiger partial charge in [-0.2, -0.15) is 5.10 Å². The number of nitrogens with zero attached hydrogens (tertiary/aromatic N) is 3. The Labute approximate surface area is 159 Å². The molecule has 2 aromatic rings. The van der Waals surface area contributed by atoms with Crippen LogP contribution in [-0.2, 0) is 18.3 Å². The Morgan fingerprint density at radius 1 is 1.19 bits per heavy atom. The Kier molecular flexibility index (Phi) is 6.44. The van der Waals surface area contributed by atoms with Crippen molar-refractivity contribution in [1.29, 1.82) is 0 Å². The molecule has 0 aliphatic carbocycles. The standard InChI is InChI=1S/C19H26N4O4/c1-12-17(18(21-23(12)4)19(25)22(2)3)20-16(24)10-8-13-7-9-14(26-5)15(11-13)27-6/h7,9,11H,8,10H2,1-6H3,(H,20,24). The number of hydrogen-bond acceptors (Lipinski definition) is 5. The fourth-order valence-corrected chi connectivity index (χ4v) is 2.62. The smallest absolute Gasteiger partial charge is 0.276 e. The Balaban J connectivity index is 2.10. The summed E-state index contributed by atoms with van der Waals surface area (Å²) >= 11 is 0. The van der Waals surface area contributed by atoms with Gasteiger partial charge in [0.15, 0.2) is 17.2 Å². The second-order valence-corrected chi connectivity index (χ2v) is 6.37. The van der Waals surface area contributed by atoms with Gasteiger partial charge in [-0.15, -0.1) is 0 Å². The first kappa shape index (κ1) is 20.3. The molecule has 0 atom stereocenters. The van der Waals surface area contributed by atoms with Crippen LogP contribution < -0.4 is 14.8 Å². The zero-order valence-corrected chi connectivity index (χ0v) is 16.6. The molecule has 1 heterocycles. The number of rotatable bonds is 7. The lowest BCUT2D eigenvalue weighted by molar-refractivity contribution is -0.116. The second kappa shape index (κ2) is 8.57. The summed E-state index contributed by atoms with van der Waals surface area (Å²) in [6.07, 6.45) is 0.794. The van der Waals surface area contributed by atoms with Crippen LogP contribution in [0.4, 0.5) is 5.69 Å². The summed E-state index contributed by atoms with van der Waals surface area (Å²) in [7, 11) is 8.18. The van der Waals surface area contributed by atoms with Crippen LogP contribution in [0.1, 0.15) is 28.2 Å². The lowest BCUT2D eigenvalue weighted by atomic mass is 10.1. The summed E-state index contributed by atoms with van der Waals surface area (Å²) in [5.41, 5.74) is 2.36. The van der Waals surface area contributed by atoms with E-state index in [1.807, 2.05) is 25.1 Å². The SMILES string of the molecule is COc1ccc(CCC(=O)Nc2c(C(=O)N(C)C)nn(C)c2C)cc1OC. The Bertz CT molecular complexity index is 842. The van der Waals surface area contributed by atoms with Crippen LogP contribution in [0.25, 0.3) is 0 Å². The maximum absolute atomic E-state index is 12.4. The molecular weight excluding hydrogens is 348 g/mol. The molecule has 2 rings (SSSR count). The van der Waals surface area contributed by atoms with E-state index in [1.54, 1.807) is 40.0 Å².